The molecular formula is C102H127F4N31O10. The Morgan fingerprint density at radius 2 is 0.707 bits per heavy atom. The molecule has 16 unspecified atom stereocenters. The Bertz CT molecular complexity index is 7050. The zero-order valence-corrected chi connectivity index (χ0v) is 85.6. The monoisotopic (exact) mass is 2020 g/mol. The molecule has 10 N–H and O–H groups in total. The van der Waals surface area contributed by atoms with Crippen LogP contribution in [0.15, 0.2) is 121 Å². The molecule has 5 fully saturated rings. The van der Waals surface area contributed by atoms with Crippen LogP contribution in [0.4, 0.5) is 58.4 Å². The zero-order chi connectivity index (χ0) is 104. The number of rotatable bonds is 23. The second-order valence-corrected chi connectivity index (χ2v) is 39.0. The molecule has 6 aliphatic rings. The average Bonchev–Trinajstić information content (AvgIpc) is 1.63. The van der Waals surface area contributed by atoms with Crippen molar-refractivity contribution < 1.29 is 66.0 Å². The Morgan fingerprint density at radius 1 is 0.395 bits per heavy atom. The Kier molecular flexibility index (Phi) is 29.7. The van der Waals surface area contributed by atoms with E-state index in [1.54, 1.807) is 59.6 Å². The number of nitrogens with zero attached hydrogens (tertiary/aromatic N) is 27. The molecule has 17 heterocycles. The van der Waals surface area contributed by atoms with E-state index >= 15 is 0 Å². The molecule has 0 aliphatic carbocycles. The molecule has 0 saturated carbocycles. The van der Waals surface area contributed by atoms with Crippen molar-refractivity contribution in [3.05, 3.63) is 168 Å². The normalized spacial score (nSPS) is 21.2. The quantitative estimate of drug-likeness (QED) is 0.0231. The minimum atomic E-state index is -0.500. The summed E-state index contributed by atoms with van der Waals surface area (Å²) in [6, 6.07) is 18.3. The summed E-state index contributed by atoms with van der Waals surface area (Å²) in [6.45, 7) is 28.1. The van der Waals surface area contributed by atoms with Gasteiger partial charge in [0.25, 0.3) is 0 Å². The van der Waals surface area contributed by atoms with Crippen molar-refractivity contribution in [3.8, 4) is 34.5 Å². The number of aliphatic hydroxyl groups is 3. The molecule has 22 rings (SSSR count). The van der Waals surface area contributed by atoms with Crippen molar-refractivity contribution in [1.29, 1.82) is 0 Å². The van der Waals surface area contributed by atoms with Gasteiger partial charge in [-0.25, -0.2) is 57.4 Å². The van der Waals surface area contributed by atoms with Crippen LogP contribution < -0.4 is 65.6 Å². The third-order valence-electron chi connectivity index (χ3n) is 29.3. The van der Waals surface area contributed by atoms with Crippen LogP contribution in [-0.2, 0) is 11.3 Å². The fourth-order valence-electron chi connectivity index (χ4n) is 19.5. The number of nitrogens with one attached hydrogen (secondary N) is 1. The number of likely N-dealkylation sites (tertiary alicyclic amines) is 1. The number of aliphatic imine (C=N–C) groups is 1. The number of nitrogen functional groups attached to an aromatic ring is 3. The van der Waals surface area contributed by atoms with Crippen molar-refractivity contribution in [2.75, 3.05) is 113 Å². The number of methoxy groups -OCH3 is 6. The molecule has 11 aromatic heterocycles. The summed E-state index contributed by atoms with van der Waals surface area (Å²) < 4.78 is 106. The lowest BCUT2D eigenvalue weighted by atomic mass is 9.92. The van der Waals surface area contributed by atoms with E-state index in [4.69, 9.17) is 80.4 Å². The SMILES string of the molecule is CC1OC1C.COc1cc2nc(N)n3nc(C4CCC(C)N(c5cnn(C(C)C(C)O)c5)C4)nc3c2cc1F.COc1cc2nc(N)n3nc(C4CCC(C)N(c5cnn(C(C)C(C)O)c5)C4)nc3c2cc1F.COc1cc2nc(N)n3nc(C4CCC(C)N(c5cnn(C(C)C(C)O)c5)C4)nc3c2cc1F.COc1ccc(CNc2nc3cc(OC)c(F)cc3c3nc(C4CCC(C)N(C5=CCN=C5)C4)nn23)c(OC)c1. The molecule has 16 aromatic rings. The first-order chi connectivity index (χ1) is 70.6. The molecule has 41 nitrogen and oxygen atoms in total. The predicted octanol–water partition coefficient (Wildman–Crippen LogP) is 14.1. The average molecular weight is 2020 g/mol. The first-order valence-electron chi connectivity index (χ1n) is 49.6. The Balaban J connectivity index is 0.000000126. The summed E-state index contributed by atoms with van der Waals surface area (Å²) >= 11 is 0. The molecule has 0 amide bonds. The molecule has 16 atom stereocenters. The van der Waals surface area contributed by atoms with Gasteiger partial charge in [-0.15, -0.1) is 20.4 Å². The van der Waals surface area contributed by atoms with Crippen LogP contribution in [0.25, 0.3) is 66.2 Å². The van der Waals surface area contributed by atoms with Crippen LogP contribution in [0, 0.1) is 23.3 Å². The molecular weight excluding hydrogens is 1900 g/mol. The van der Waals surface area contributed by atoms with Gasteiger partial charge in [-0.1, -0.05) is 0 Å². The number of halogens is 4. The van der Waals surface area contributed by atoms with Crippen molar-refractivity contribution in [3.63, 3.8) is 0 Å². The molecule has 778 valence electrons. The van der Waals surface area contributed by atoms with Gasteiger partial charge >= 0.3 is 0 Å². The van der Waals surface area contributed by atoms with E-state index < -0.39 is 41.6 Å². The lowest BCUT2D eigenvalue weighted by Gasteiger charge is -2.38. The van der Waals surface area contributed by atoms with Gasteiger partial charge in [0, 0.05) is 163 Å². The number of benzene rings is 5. The molecule has 5 aromatic carbocycles. The van der Waals surface area contributed by atoms with E-state index in [9.17, 15) is 32.9 Å². The maximum Gasteiger partial charge on any atom is 0.226 e. The first kappa shape index (κ1) is 102. The summed E-state index contributed by atoms with van der Waals surface area (Å²) in [4.78, 5) is 50.8. The molecule has 45 heteroatoms. The topological polar surface area (TPSA) is 470 Å². The van der Waals surface area contributed by atoms with E-state index in [-0.39, 0.29) is 82.6 Å². The van der Waals surface area contributed by atoms with Gasteiger partial charge in [-0.3, -0.25) is 19.0 Å². The highest BCUT2D eigenvalue weighted by Crippen LogP contribution is 2.42. The van der Waals surface area contributed by atoms with Gasteiger partial charge < -0.3 is 90.6 Å². The van der Waals surface area contributed by atoms with Crippen LogP contribution in [0.1, 0.15) is 205 Å². The number of hydrogen-bond donors (Lipinski definition) is 7. The van der Waals surface area contributed by atoms with Crippen molar-refractivity contribution >= 4 is 113 Å². The number of fused-ring (bicyclic) bond motifs is 12. The van der Waals surface area contributed by atoms with E-state index in [1.165, 1.54) is 84.4 Å². The number of allylic oxidation sites excluding steroid dienone is 1. The molecule has 6 aliphatic heterocycles. The predicted molar refractivity (Wildman–Crippen MR) is 551 cm³/mol. The Hall–Kier alpha value is -14.9. The van der Waals surface area contributed by atoms with E-state index in [1.807, 2.05) is 82.4 Å². The fraction of sp³-hybridized carbons (Fsp3) is 0.471. The first-order valence-corrected chi connectivity index (χ1v) is 49.6. The van der Waals surface area contributed by atoms with Crippen molar-refractivity contribution in [1.82, 2.24) is 113 Å². The smallest absolute Gasteiger partial charge is 0.226 e. The Morgan fingerprint density at radius 3 is 1.01 bits per heavy atom. The minimum Gasteiger partial charge on any atom is -0.497 e. The molecule has 0 spiro atoms. The number of anilines is 7. The van der Waals surface area contributed by atoms with Gasteiger partial charge in [0.15, 0.2) is 92.2 Å². The second kappa shape index (κ2) is 42.7. The van der Waals surface area contributed by atoms with Crippen LogP contribution in [0.2, 0.25) is 0 Å². The van der Waals surface area contributed by atoms with Crippen LogP contribution in [-0.4, -0.2) is 264 Å². The van der Waals surface area contributed by atoms with E-state index in [0.717, 1.165) is 92.8 Å². The van der Waals surface area contributed by atoms with Crippen LogP contribution >= 0.6 is 0 Å². The van der Waals surface area contributed by atoms with E-state index in [0.29, 0.717) is 169 Å². The number of ether oxygens (including phenoxy) is 7. The molecule has 0 bridgehead atoms. The number of hydrogen-bond acceptors (Lipinski definition) is 34. The van der Waals surface area contributed by atoms with Crippen LogP contribution in [0.3, 0.4) is 0 Å². The second-order valence-electron chi connectivity index (χ2n) is 39.0. The van der Waals surface area contributed by atoms with Crippen molar-refractivity contribution in [2.24, 2.45) is 4.99 Å². The summed E-state index contributed by atoms with van der Waals surface area (Å²) in [5, 5.41) is 67.5. The lowest BCUT2D eigenvalue weighted by Crippen LogP contribution is -2.41. The summed E-state index contributed by atoms with van der Waals surface area (Å²) in [6.07, 6.45) is 22.7. The summed E-state index contributed by atoms with van der Waals surface area (Å²) in [7, 11) is 8.90. The van der Waals surface area contributed by atoms with Crippen molar-refractivity contribution in [2.45, 2.75) is 237 Å². The third-order valence-corrected chi connectivity index (χ3v) is 29.3. The standard InChI is InChI=1S/C29H32FN7O3.3C23H29FN8O2.C4H8O/c1-17-5-6-19(16-36(17)20-9-10-31-15-20)27-34-28-22-12-23(30)26(40-4)13-24(22)33-29(37(28)35-27)32-14-18-7-8-21(38-2)11-25(18)39-3;3*1-12-5-6-15(10-30(12)16-9-26-31(11-16)13(2)14(3)33)21-28-22-17-7-18(24)20(34-4)8-19(17)27-23(25)32(22)29-21;1-3-4(2)5-3/h7-9,11-13,15,17,19H,5-6,10,14,16H2,1-4H3,(H,32,33);3*7-9,11-15,33H,5-6,10H2,1-4H3,(H2,25,27);3-4H,1-2H3. The number of aromatic nitrogens is 22. The fourth-order valence-corrected chi connectivity index (χ4v) is 19.5. The highest BCUT2D eigenvalue weighted by Gasteiger charge is 2.38. The summed E-state index contributed by atoms with van der Waals surface area (Å²) in [5.41, 5.74) is 27.6. The number of epoxide rings is 1. The third kappa shape index (κ3) is 20.9. The zero-order valence-electron chi connectivity index (χ0n) is 85.6. The highest BCUT2D eigenvalue weighted by atomic mass is 19.1. The van der Waals surface area contributed by atoms with Gasteiger partial charge in [0.2, 0.25) is 23.8 Å². The number of aliphatic hydroxyl groups excluding tert-OH is 3. The Labute approximate surface area is 845 Å². The van der Waals surface area contributed by atoms with Gasteiger partial charge in [0.05, 0.1) is 161 Å². The largest absolute Gasteiger partial charge is 0.497 e. The highest BCUT2D eigenvalue weighted by molar-refractivity contribution is 5.96. The maximum absolute atomic E-state index is 14.8. The van der Waals surface area contributed by atoms with Gasteiger partial charge in [0.1, 0.15) is 11.5 Å². The molecule has 0 radical (unpaired) electrons. The van der Waals surface area contributed by atoms with Gasteiger partial charge in [-0.2, -0.15) is 33.4 Å². The minimum absolute atomic E-state index is 0.0613. The molecule has 5 saturated heterocycles. The van der Waals surface area contributed by atoms with Gasteiger partial charge in [-0.05, 0) is 177 Å². The summed E-state index contributed by atoms with van der Waals surface area (Å²) in [5.74, 6) is 3.87. The van der Waals surface area contributed by atoms with E-state index in [2.05, 4.69) is 123 Å². The number of nitrogens with two attached hydrogens (primary N) is 3. The lowest BCUT2D eigenvalue weighted by molar-refractivity contribution is 0.132. The number of piperidine rings is 4. The van der Waals surface area contributed by atoms with Crippen LogP contribution in [0.5, 0.6) is 34.5 Å². The maximum atomic E-state index is 14.8. The molecule has 147 heavy (non-hydrogen) atoms.